The van der Waals surface area contributed by atoms with Crippen LogP contribution < -0.4 is 9.62 Å². The van der Waals surface area contributed by atoms with Gasteiger partial charge in [-0.1, -0.05) is 63.4 Å². The lowest BCUT2D eigenvalue weighted by Gasteiger charge is -2.33. The molecule has 1 N–H and O–H groups in total. The van der Waals surface area contributed by atoms with Crippen molar-refractivity contribution >= 4 is 55.1 Å². The number of halogens is 2. The first-order valence-electron chi connectivity index (χ1n) is 12.4. The van der Waals surface area contributed by atoms with Crippen LogP contribution in [-0.4, -0.2) is 43.3 Å². The number of carbonyl (C=O) groups excluding carboxylic acids is 2. The molecule has 0 aromatic heterocycles. The normalized spacial score (nSPS) is 12.5. The summed E-state index contributed by atoms with van der Waals surface area (Å²) in [6.07, 6.45) is 0. The van der Waals surface area contributed by atoms with Crippen molar-refractivity contribution in [3.63, 3.8) is 0 Å². The second-order valence-electron chi connectivity index (χ2n) is 10.4. The summed E-state index contributed by atoms with van der Waals surface area (Å²) in [5, 5.41) is 3.45. The number of rotatable bonds is 9. The van der Waals surface area contributed by atoms with Crippen molar-refractivity contribution in [2.75, 3.05) is 10.8 Å². The van der Waals surface area contributed by atoms with Gasteiger partial charge in [0.2, 0.25) is 11.8 Å². The van der Waals surface area contributed by atoms with Crippen LogP contribution in [0.1, 0.15) is 38.8 Å². The predicted molar refractivity (Wildman–Crippen MR) is 159 cm³/mol. The predicted octanol–water partition coefficient (Wildman–Crippen LogP) is 5.94. The zero-order valence-electron chi connectivity index (χ0n) is 22.6. The van der Waals surface area contributed by atoms with Gasteiger partial charge in [-0.2, -0.15) is 0 Å². The molecule has 0 radical (unpaired) electrons. The van der Waals surface area contributed by atoms with Gasteiger partial charge in [0.25, 0.3) is 10.0 Å². The van der Waals surface area contributed by atoms with Crippen LogP contribution in [0.2, 0.25) is 5.02 Å². The Balaban J connectivity index is 2.03. The van der Waals surface area contributed by atoms with Crippen molar-refractivity contribution < 1.29 is 18.0 Å². The van der Waals surface area contributed by atoms with Gasteiger partial charge in [-0.05, 0) is 82.6 Å². The maximum absolute atomic E-state index is 13.9. The quantitative estimate of drug-likeness (QED) is 0.316. The van der Waals surface area contributed by atoms with Crippen LogP contribution in [0.25, 0.3) is 0 Å². The van der Waals surface area contributed by atoms with Crippen molar-refractivity contribution in [2.45, 2.75) is 57.6 Å². The lowest BCUT2D eigenvalue weighted by atomic mass is 10.1. The third-order valence-electron chi connectivity index (χ3n) is 5.92. The Bertz CT molecular complexity index is 1420. The number of anilines is 1. The molecule has 0 fully saturated rings. The molecule has 0 spiro atoms. The van der Waals surface area contributed by atoms with Gasteiger partial charge < -0.3 is 10.2 Å². The summed E-state index contributed by atoms with van der Waals surface area (Å²) in [6.45, 7) is 8.64. The molecule has 0 saturated heterocycles. The van der Waals surface area contributed by atoms with E-state index in [0.29, 0.717) is 15.2 Å². The summed E-state index contributed by atoms with van der Waals surface area (Å²) in [5.74, 6) is -0.877. The number of sulfonamides is 1. The molecule has 3 rings (SSSR count). The zero-order chi connectivity index (χ0) is 29.0. The molecule has 3 aromatic rings. The SMILES string of the molecule is Cc1ccc(S(=O)(=O)N(CC(=O)N(Cc2ccc(Cl)cc2)C(C)C(=O)NC(C)(C)C)c2cccc(Br)c2)cc1. The molecule has 0 saturated carbocycles. The van der Waals surface area contributed by atoms with E-state index in [1.807, 2.05) is 27.7 Å². The fourth-order valence-electron chi connectivity index (χ4n) is 3.84. The van der Waals surface area contributed by atoms with Crippen LogP contribution in [0, 0.1) is 6.92 Å². The largest absolute Gasteiger partial charge is 0.350 e. The van der Waals surface area contributed by atoms with E-state index >= 15 is 0 Å². The molecular formula is C29H33BrClN3O4S. The van der Waals surface area contributed by atoms with Gasteiger partial charge in [0, 0.05) is 21.6 Å². The minimum atomic E-state index is -4.12. The Kier molecular flexibility index (Phi) is 9.85. The minimum absolute atomic E-state index is 0.0589. The van der Waals surface area contributed by atoms with Crippen LogP contribution in [-0.2, 0) is 26.2 Å². The van der Waals surface area contributed by atoms with E-state index in [9.17, 15) is 18.0 Å². The molecule has 0 heterocycles. The number of hydrogen-bond donors (Lipinski definition) is 1. The number of amides is 2. The monoisotopic (exact) mass is 633 g/mol. The van der Waals surface area contributed by atoms with Gasteiger partial charge in [-0.15, -0.1) is 0 Å². The number of nitrogens with one attached hydrogen (secondary N) is 1. The van der Waals surface area contributed by atoms with Crippen LogP contribution in [0.5, 0.6) is 0 Å². The molecule has 1 unspecified atom stereocenters. The van der Waals surface area contributed by atoms with Gasteiger partial charge in [0.05, 0.1) is 10.6 Å². The van der Waals surface area contributed by atoms with E-state index in [4.69, 9.17) is 11.6 Å². The second kappa shape index (κ2) is 12.5. The maximum atomic E-state index is 13.9. The Morgan fingerprint density at radius 2 is 1.62 bits per heavy atom. The molecule has 208 valence electrons. The molecule has 39 heavy (non-hydrogen) atoms. The topological polar surface area (TPSA) is 86.8 Å². The highest BCUT2D eigenvalue weighted by molar-refractivity contribution is 9.10. The van der Waals surface area contributed by atoms with Crippen LogP contribution in [0.4, 0.5) is 5.69 Å². The molecule has 0 bridgehead atoms. The van der Waals surface area contributed by atoms with E-state index in [2.05, 4.69) is 21.2 Å². The molecular weight excluding hydrogens is 602 g/mol. The highest BCUT2D eigenvalue weighted by Gasteiger charge is 2.33. The molecule has 1 atom stereocenters. The van der Waals surface area contributed by atoms with Gasteiger partial charge in [0.1, 0.15) is 12.6 Å². The summed E-state index contributed by atoms with van der Waals surface area (Å²) < 4.78 is 29.4. The molecule has 7 nitrogen and oxygen atoms in total. The molecule has 0 aliphatic rings. The van der Waals surface area contributed by atoms with Gasteiger partial charge >= 0.3 is 0 Å². The van der Waals surface area contributed by atoms with E-state index in [0.717, 1.165) is 15.4 Å². The molecule has 2 amide bonds. The summed E-state index contributed by atoms with van der Waals surface area (Å²) in [4.78, 5) is 28.5. The smallest absolute Gasteiger partial charge is 0.264 e. The number of carbonyl (C=O) groups is 2. The van der Waals surface area contributed by atoms with Crippen molar-refractivity contribution in [3.05, 3.63) is 93.4 Å². The summed E-state index contributed by atoms with van der Waals surface area (Å²) in [5.41, 5.74) is 1.46. The maximum Gasteiger partial charge on any atom is 0.264 e. The molecule has 3 aromatic carbocycles. The van der Waals surface area contributed by atoms with Crippen molar-refractivity contribution in [1.82, 2.24) is 10.2 Å². The van der Waals surface area contributed by atoms with E-state index in [1.54, 1.807) is 67.6 Å². The average Bonchev–Trinajstić information content (AvgIpc) is 2.85. The van der Waals surface area contributed by atoms with E-state index < -0.39 is 34.1 Å². The van der Waals surface area contributed by atoms with Crippen molar-refractivity contribution in [3.8, 4) is 0 Å². The number of nitrogens with zero attached hydrogens (tertiary/aromatic N) is 2. The Hall–Kier alpha value is -2.88. The first-order chi connectivity index (χ1) is 18.2. The summed E-state index contributed by atoms with van der Waals surface area (Å²) in [6, 6.07) is 19.3. The highest BCUT2D eigenvalue weighted by atomic mass is 79.9. The first kappa shape index (κ1) is 30.7. The van der Waals surface area contributed by atoms with E-state index in [-0.39, 0.29) is 17.3 Å². The standard InChI is InChI=1S/C29H33BrClN3O4S/c1-20-9-15-26(16-10-20)39(37,38)34(25-8-6-7-23(30)17-25)19-27(35)33(18-22-11-13-24(31)14-12-22)21(2)28(36)32-29(3,4)5/h6-17,21H,18-19H2,1-5H3,(H,32,36). The fraction of sp³-hybridized carbons (Fsp3) is 0.310. The third-order valence-corrected chi connectivity index (χ3v) is 8.45. The summed E-state index contributed by atoms with van der Waals surface area (Å²) >= 11 is 9.44. The zero-order valence-corrected chi connectivity index (χ0v) is 25.8. The lowest BCUT2D eigenvalue weighted by Crippen LogP contribution is -2.54. The molecule has 0 aliphatic carbocycles. The highest BCUT2D eigenvalue weighted by Crippen LogP contribution is 2.27. The lowest BCUT2D eigenvalue weighted by molar-refractivity contribution is -0.140. The van der Waals surface area contributed by atoms with Crippen LogP contribution >= 0.6 is 27.5 Å². The number of benzene rings is 3. The van der Waals surface area contributed by atoms with Gasteiger partial charge in [-0.25, -0.2) is 8.42 Å². The van der Waals surface area contributed by atoms with Crippen molar-refractivity contribution in [2.24, 2.45) is 0 Å². The minimum Gasteiger partial charge on any atom is -0.350 e. The second-order valence-corrected chi connectivity index (χ2v) is 13.6. The number of hydrogen-bond acceptors (Lipinski definition) is 4. The van der Waals surface area contributed by atoms with Crippen LogP contribution in [0.3, 0.4) is 0 Å². The van der Waals surface area contributed by atoms with Crippen LogP contribution in [0.15, 0.2) is 82.2 Å². The summed E-state index contributed by atoms with van der Waals surface area (Å²) in [7, 11) is -4.12. The Labute approximate surface area is 244 Å². The van der Waals surface area contributed by atoms with Gasteiger partial charge in [-0.3, -0.25) is 13.9 Å². The average molecular weight is 635 g/mol. The van der Waals surface area contributed by atoms with E-state index in [1.165, 1.54) is 17.0 Å². The molecule has 10 heteroatoms. The Morgan fingerprint density at radius 1 is 1.00 bits per heavy atom. The first-order valence-corrected chi connectivity index (χ1v) is 15.0. The number of aryl methyl sites for hydroxylation is 1. The fourth-order valence-corrected chi connectivity index (χ4v) is 5.76. The van der Waals surface area contributed by atoms with Crippen molar-refractivity contribution in [1.29, 1.82) is 0 Å². The van der Waals surface area contributed by atoms with Gasteiger partial charge in [0.15, 0.2) is 0 Å². The third kappa shape index (κ3) is 8.30. The molecule has 0 aliphatic heterocycles. The Morgan fingerprint density at radius 3 is 2.18 bits per heavy atom.